The van der Waals surface area contributed by atoms with E-state index in [0.717, 1.165) is 18.4 Å². The molecule has 3 aliphatic rings. The van der Waals surface area contributed by atoms with Crippen LogP contribution < -0.4 is 0 Å². The predicted octanol–water partition coefficient (Wildman–Crippen LogP) is 7.03. The molecule has 156 valence electrons. The minimum atomic E-state index is -0.899. The summed E-state index contributed by atoms with van der Waals surface area (Å²) in [6, 6.07) is 0. The van der Waals surface area contributed by atoms with E-state index in [-0.39, 0.29) is 31.4 Å². The molecule has 0 aromatic rings. The second-order valence-corrected chi connectivity index (χ2v) is 40.5. The van der Waals surface area contributed by atoms with Crippen LogP contribution in [0.1, 0.15) is 40.5 Å². The standard InChI is InChI=1S/C15H33O3P9/c1-8-5-6-10-7-14(17)9(2)11(12(16)15(8,14)13(10,3)4)18-24(25(19)20)27(23)26(21)22/h5,9-12,16-17H,6-7,19-23H2,1-4H3/t9-,10?,11-,12?,14+,15?,24?,27?/m1/s1. The van der Waals surface area contributed by atoms with Crippen molar-refractivity contribution in [3.8, 4) is 0 Å². The lowest BCUT2D eigenvalue weighted by Crippen LogP contribution is -2.56. The van der Waals surface area contributed by atoms with Gasteiger partial charge >= 0.3 is 0 Å². The first-order valence-electron chi connectivity index (χ1n) is 9.02. The quantitative estimate of drug-likeness (QED) is 0.291. The summed E-state index contributed by atoms with van der Waals surface area (Å²) in [5.41, 5.74) is -0.481. The highest BCUT2D eigenvalue weighted by Gasteiger charge is 2.79. The van der Waals surface area contributed by atoms with Crippen molar-refractivity contribution in [2.45, 2.75) is 58.3 Å². The van der Waals surface area contributed by atoms with Gasteiger partial charge in [0.05, 0.1) is 30.7 Å². The molecular weight excluding hydrogens is 507 g/mol. The first kappa shape index (κ1) is 25.1. The van der Waals surface area contributed by atoms with Crippen LogP contribution in [0.2, 0.25) is 0 Å². The molecule has 0 amide bonds. The fourth-order valence-corrected chi connectivity index (χ4v) is 50.1. The number of aliphatic hydroxyl groups is 2. The molecule has 1 spiro atoms. The fourth-order valence-electron chi connectivity index (χ4n) is 6.14. The Morgan fingerprint density at radius 1 is 1.15 bits per heavy atom. The average molecular weight is 540 g/mol. The van der Waals surface area contributed by atoms with Crippen molar-refractivity contribution in [3.63, 3.8) is 0 Å². The number of fused-ring (bicyclic) bond motifs is 1. The Morgan fingerprint density at radius 3 is 2.26 bits per heavy atom. The molecule has 10 unspecified atom stereocenters. The second-order valence-electron chi connectivity index (χ2n) is 8.61. The summed E-state index contributed by atoms with van der Waals surface area (Å²) in [5.74, 6) is 0.332. The van der Waals surface area contributed by atoms with Gasteiger partial charge in [-0.2, -0.15) is 0 Å². The maximum Gasteiger partial charge on any atom is 0.0949 e. The average Bonchev–Trinajstić information content (AvgIpc) is 2.76. The van der Waals surface area contributed by atoms with Crippen molar-refractivity contribution in [2.75, 3.05) is 0 Å². The third-order valence-corrected chi connectivity index (χ3v) is 47.6. The van der Waals surface area contributed by atoms with Crippen LogP contribution in [0.4, 0.5) is 0 Å². The van der Waals surface area contributed by atoms with Crippen LogP contribution >= 0.6 is 73.1 Å². The van der Waals surface area contributed by atoms with Gasteiger partial charge < -0.3 is 14.7 Å². The normalized spacial score (nSPS) is 45.1. The Labute approximate surface area is 180 Å². The van der Waals surface area contributed by atoms with Gasteiger partial charge in [0, 0.05) is 12.9 Å². The van der Waals surface area contributed by atoms with E-state index < -0.39 is 31.6 Å². The van der Waals surface area contributed by atoms with Crippen LogP contribution in [0.25, 0.3) is 0 Å². The smallest absolute Gasteiger partial charge is 0.0949 e. The van der Waals surface area contributed by atoms with Crippen LogP contribution in [-0.2, 0) is 4.52 Å². The summed E-state index contributed by atoms with van der Waals surface area (Å²) in [6.07, 6.45) is 3.04. The van der Waals surface area contributed by atoms with Gasteiger partial charge in [-0.1, -0.05) is 41.3 Å². The molecule has 2 N–H and O–H groups in total. The molecule has 3 rings (SSSR count). The van der Waals surface area contributed by atoms with Crippen LogP contribution in [0.5, 0.6) is 0 Å². The first-order chi connectivity index (χ1) is 12.3. The van der Waals surface area contributed by atoms with Gasteiger partial charge in [0.15, 0.2) is 0 Å². The van der Waals surface area contributed by atoms with E-state index in [1.165, 1.54) is 0 Å². The Kier molecular flexibility index (Phi) is 8.08. The van der Waals surface area contributed by atoms with Gasteiger partial charge in [0.2, 0.25) is 0 Å². The lowest BCUT2D eigenvalue weighted by molar-refractivity contribution is -0.116. The summed E-state index contributed by atoms with van der Waals surface area (Å²) in [4.78, 5) is 0. The van der Waals surface area contributed by atoms with Crippen molar-refractivity contribution in [2.24, 2.45) is 22.7 Å². The summed E-state index contributed by atoms with van der Waals surface area (Å²) < 4.78 is 6.76. The van der Waals surface area contributed by atoms with Crippen molar-refractivity contribution in [3.05, 3.63) is 11.6 Å². The molecule has 12 heteroatoms. The third kappa shape index (κ3) is 3.53. The molecule has 2 saturated carbocycles. The van der Waals surface area contributed by atoms with Gasteiger partial charge in [0.1, 0.15) is 0 Å². The molecule has 0 aromatic heterocycles. The number of rotatable bonds is 5. The molecule has 27 heavy (non-hydrogen) atoms. The van der Waals surface area contributed by atoms with Gasteiger partial charge in [-0.25, -0.2) is 0 Å². The maximum absolute atomic E-state index is 12.0. The Balaban J connectivity index is 2.02. The zero-order valence-electron chi connectivity index (χ0n) is 16.3. The van der Waals surface area contributed by atoms with Gasteiger partial charge in [0.25, 0.3) is 0 Å². The lowest BCUT2D eigenvalue weighted by Gasteiger charge is -2.52. The molecule has 3 aliphatic carbocycles. The van der Waals surface area contributed by atoms with Gasteiger partial charge in [-0.15, -0.1) is 35.7 Å². The van der Waals surface area contributed by atoms with Crippen LogP contribution in [0, 0.1) is 22.7 Å². The molecule has 0 aliphatic heterocycles. The summed E-state index contributed by atoms with van der Waals surface area (Å²) >= 11 is 0. The van der Waals surface area contributed by atoms with E-state index >= 15 is 0 Å². The fraction of sp³-hybridized carbons (Fsp3) is 0.867. The number of allylic oxidation sites excluding steroid dienone is 1. The van der Waals surface area contributed by atoms with Crippen molar-refractivity contribution < 1.29 is 14.7 Å². The zero-order chi connectivity index (χ0) is 20.5. The molecule has 13 atom stereocenters. The molecule has 0 heterocycles. The van der Waals surface area contributed by atoms with E-state index in [2.05, 4.69) is 78.4 Å². The second kappa shape index (κ2) is 8.69. The topological polar surface area (TPSA) is 49.7 Å². The monoisotopic (exact) mass is 540 g/mol. The molecular formula is C15H33O3P9. The minimum absolute atomic E-state index is 0.0816. The molecule has 2 fully saturated rings. The molecule has 3 nitrogen and oxygen atoms in total. The summed E-state index contributed by atoms with van der Waals surface area (Å²) in [6.45, 7) is 7.71. The van der Waals surface area contributed by atoms with Crippen molar-refractivity contribution in [1.29, 1.82) is 0 Å². The van der Waals surface area contributed by atoms with Crippen LogP contribution in [-0.4, -0.2) is 28.0 Å². The van der Waals surface area contributed by atoms with Crippen molar-refractivity contribution >= 4 is 73.1 Å². The predicted molar refractivity (Wildman–Crippen MR) is 144 cm³/mol. The van der Waals surface area contributed by atoms with Crippen LogP contribution in [0.15, 0.2) is 11.6 Å². The number of hydrogen-bond donors (Lipinski definition) is 2. The molecule has 0 aromatic carbocycles. The minimum Gasteiger partial charge on any atom is -0.389 e. The first-order valence-corrected chi connectivity index (χ1v) is 24.5. The number of aliphatic hydroxyl groups excluding tert-OH is 1. The summed E-state index contributed by atoms with van der Waals surface area (Å²) in [7, 11) is 14.1. The Hall–Kier alpha value is 3.49. The zero-order valence-corrected chi connectivity index (χ0v) is 25.6. The van der Waals surface area contributed by atoms with E-state index in [1.54, 1.807) is 0 Å². The highest BCUT2D eigenvalue weighted by Crippen LogP contribution is 3.06. The van der Waals surface area contributed by atoms with Crippen LogP contribution in [0.3, 0.4) is 0 Å². The van der Waals surface area contributed by atoms with Gasteiger partial charge in [-0.3, -0.25) is 0 Å². The van der Waals surface area contributed by atoms with E-state index in [9.17, 15) is 10.2 Å². The molecule has 0 saturated heterocycles. The van der Waals surface area contributed by atoms with Gasteiger partial charge in [-0.05, 0) is 45.1 Å². The molecule has 2 bridgehead atoms. The SMILES string of the molecule is CC1=CCC2C[C@]3(O)[C@H](C)[C@@H](OP(P(P)P)P(P)P(P)P)C(O)C13C2(C)C. The highest BCUT2D eigenvalue weighted by molar-refractivity contribution is 9.07. The van der Waals surface area contributed by atoms with Crippen molar-refractivity contribution in [1.82, 2.24) is 0 Å². The Morgan fingerprint density at radius 2 is 1.74 bits per heavy atom. The highest BCUT2D eigenvalue weighted by atomic mass is 33.1. The van der Waals surface area contributed by atoms with E-state index in [4.69, 9.17) is 4.52 Å². The maximum atomic E-state index is 12.0. The third-order valence-electron chi connectivity index (χ3n) is 7.43. The van der Waals surface area contributed by atoms with E-state index in [1.807, 2.05) is 0 Å². The van der Waals surface area contributed by atoms with E-state index in [0.29, 0.717) is 5.92 Å². The number of hydrogen-bond acceptors (Lipinski definition) is 3. The largest absolute Gasteiger partial charge is 0.389 e. The molecule has 0 radical (unpaired) electrons. The lowest BCUT2D eigenvalue weighted by atomic mass is 9.54. The Bertz CT molecular complexity index is 630. The summed E-state index contributed by atoms with van der Waals surface area (Å²) in [5, 5.41) is 23.8.